The molecule has 1 nitrogen and oxygen atoms in total. The minimum Gasteiger partial charge on any atom is -0.317 e. The summed E-state index contributed by atoms with van der Waals surface area (Å²) in [6, 6.07) is 20.2. The summed E-state index contributed by atoms with van der Waals surface area (Å²) in [5.41, 5.74) is 4.69. The van der Waals surface area contributed by atoms with E-state index in [9.17, 15) is 0 Å². The molecule has 130 valence electrons. The third-order valence-electron chi connectivity index (χ3n) is 5.19. The minimum absolute atomic E-state index is 0. The summed E-state index contributed by atoms with van der Waals surface area (Å²) in [5.74, 6) is 1.35. The zero-order valence-electron chi connectivity index (χ0n) is 14.7. The summed E-state index contributed by atoms with van der Waals surface area (Å²) < 4.78 is 0. The quantitative estimate of drug-likeness (QED) is 0.402. The molecule has 3 rings (SSSR count). The first kappa shape index (κ1) is 19.5. The van der Waals surface area contributed by atoms with E-state index in [4.69, 9.17) is 0 Å². The van der Waals surface area contributed by atoms with Crippen LogP contribution >= 0.6 is 24.0 Å². The van der Waals surface area contributed by atoms with E-state index in [2.05, 4.69) is 66.8 Å². The van der Waals surface area contributed by atoms with Crippen molar-refractivity contribution in [3.8, 4) is 0 Å². The van der Waals surface area contributed by atoms with Crippen molar-refractivity contribution in [2.24, 2.45) is 0 Å². The van der Waals surface area contributed by atoms with Crippen LogP contribution in [0.2, 0.25) is 0 Å². The maximum absolute atomic E-state index is 3.55. The maximum Gasteiger partial charge on any atom is -0.00487 e. The van der Waals surface area contributed by atoms with Crippen LogP contribution in [0, 0.1) is 0 Å². The number of benzene rings is 2. The fourth-order valence-corrected chi connectivity index (χ4v) is 4.06. The van der Waals surface area contributed by atoms with Crippen molar-refractivity contribution in [3.63, 3.8) is 0 Å². The zero-order valence-corrected chi connectivity index (χ0v) is 17.0. The topological polar surface area (TPSA) is 12.0 Å². The second-order valence-electron chi connectivity index (χ2n) is 6.75. The molecular weight excluding hydrogens is 405 g/mol. The molecule has 0 fully saturated rings. The van der Waals surface area contributed by atoms with Crippen LogP contribution in [0.4, 0.5) is 0 Å². The van der Waals surface area contributed by atoms with Crippen LogP contribution in [0.5, 0.6) is 0 Å². The summed E-state index contributed by atoms with van der Waals surface area (Å²) in [6.07, 6.45) is 6.32. The van der Waals surface area contributed by atoms with Crippen LogP contribution in [-0.4, -0.2) is 13.1 Å². The highest BCUT2D eigenvalue weighted by Crippen LogP contribution is 2.44. The molecule has 2 aromatic rings. The molecule has 0 bridgehead atoms. The van der Waals surface area contributed by atoms with Gasteiger partial charge in [0.15, 0.2) is 0 Å². The normalized spacial score (nSPS) is 17.1. The summed E-state index contributed by atoms with van der Waals surface area (Å²) in [4.78, 5) is 0. The van der Waals surface area contributed by atoms with E-state index >= 15 is 0 Å². The van der Waals surface area contributed by atoms with Crippen molar-refractivity contribution in [2.75, 3.05) is 13.1 Å². The third-order valence-corrected chi connectivity index (χ3v) is 5.19. The van der Waals surface area contributed by atoms with Gasteiger partial charge in [0.05, 0.1) is 0 Å². The first-order chi connectivity index (χ1) is 11.4. The monoisotopic (exact) mass is 435 g/mol. The molecule has 0 spiro atoms. The van der Waals surface area contributed by atoms with Crippen LogP contribution in [0.1, 0.15) is 61.1 Å². The number of fused-ring (bicyclic) bond motifs is 1. The maximum atomic E-state index is 3.55. The molecule has 0 amide bonds. The average Bonchev–Trinajstić information content (AvgIpc) is 3.03. The number of aryl methyl sites for hydroxylation is 1. The minimum atomic E-state index is 0. The summed E-state index contributed by atoms with van der Waals surface area (Å²) in [6.45, 7) is 4.52. The Labute approximate surface area is 164 Å². The first-order valence-corrected chi connectivity index (χ1v) is 9.23. The Bertz CT molecular complexity index is 596. The van der Waals surface area contributed by atoms with Crippen molar-refractivity contribution in [2.45, 2.75) is 50.9 Å². The van der Waals surface area contributed by atoms with Crippen LogP contribution in [0.15, 0.2) is 54.6 Å². The van der Waals surface area contributed by atoms with Crippen molar-refractivity contribution in [1.29, 1.82) is 0 Å². The molecule has 1 aliphatic rings. The molecule has 24 heavy (non-hydrogen) atoms. The van der Waals surface area contributed by atoms with Gasteiger partial charge in [0.2, 0.25) is 0 Å². The Hall–Kier alpha value is -0.870. The first-order valence-electron chi connectivity index (χ1n) is 9.23. The van der Waals surface area contributed by atoms with E-state index < -0.39 is 0 Å². The van der Waals surface area contributed by atoms with Gasteiger partial charge in [-0.2, -0.15) is 0 Å². The molecule has 2 unspecified atom stereocenters. The highest BCUT2D eigenvalue weighted by atomic mass is 127. The molecule has 0 radical (unpaired) electrons. The van der Waals surface area contributed by atoms with Gasteiger partial charge in [-0.15, -0.1) is 24.0 Å². The molecule has 2 heteroatoms. The van der Waals surface area contributed by atoms with Crippen molar-refractivity contribution in [3.05, 3.63) is 71.3 Å². The Balaban J connectivity index is 0.00000208. The predicted octanol–water partition coefficient (Wildman–Crippen LogP) is 5.90. The lowest BCUT2D eigenvalue weighted by Gasteiger charge is -2.25. The van der Waals surface area contributed by atoms with E-state index in [0.29, 0.717) is 11.8 Å². The van der Waals surface area contributed by atoms with E-state index in [-0.39, 0.29) is 24.0 Å². The molecule has 0 heterocycles. The molecule has 1 N–H and O–H groups in total. The number of hydrogen-bond donors (Lipinski definition) is 1. The van der Waals surface area contributed by atoms with Crippen LogP contribution < -0.4 is 5.32 Å². The number of nitrogens with one attached hydrogen (secondary N) is 1. The zero-order chi connectivity index (χ0) is 15.9. The van der Waals surface area contributed by atoms with E-state index in [1.807, 2.05) is 0 Å². The van der Waals surface area contributed by atoms with Gasteiger partial charge in [0, 0.05) is 0 Å². The van der Waals surface area contributed by atoms with E-state index in [1.165, 1.54) is 37.7 Å². The fourth-order valence-electron chi connectivity index (χ4n) is 4.06. The third kappa shape index (κ3) is 4.82. The van der Waals surface area contributed by atoms with Gasteiger partial charge in [-0.1, -0.05) is 61.5 Å². The Morgan fingerprint density at radius 2 is 1.75 bits per heavy atom. The van der Waals surface area contributed by atoms with Crippen molar-refractivity contribution in [1.82, 2.24) is 5.32 Å². The number of halogens is 1. The second-order valence-corrected chi connectivity index (χ2v) is 6.75. The van der Waals surface area contributed by atoms with Gasteiger partial charge in [-0.3, -0.25) is 0 Å². The molecule has 0 aliphatic heterocycles. The standard InChI is InChI=1S/C22H29N.HI/c1-2-16-23-17-8-13-21(18-9-4-3-5-10-18)22-15-14-19-11-6-7-12-20(19)22;/h3-7,9-12,21-23H,2,8,13-17H2,1H3;1H. The molecule has 0 saturated carbocycles. The summed E-state index contributed by atoms with van der Waals surface area (Å²) in [7, 11) is 0. The number of hydrogen-bond acceptors (Lipinski definition) is 1. The lowest BCUT2D eigenvalue weighted by Crippen LogP contribution is -2.18. The van der Waals surface area contributed by atoms with Crippen molar-refractivity contribution >= 4 is 24.0 Å². The average molecular weight is 435 g/mol. The number of rotatable bonds is 8. The van der Waals surface area contributed by atoms with Crippen molar-refractivity contribution < 1.29 is 0 Å². The fraction of sp³-hybridized carbons (Fsp3) is 0.455. The van der Waals surface area contributed by atoms with Gasteiger partial charge in [-0.25, -0.2) is 0 Å². The molecule has 2 aromatic carbocycles. The molecular formula is C22H30IN. The lowest BCUT2D eigenvalue weighted by atomic mass is 9.79. The Morgan fingerprint density at radius 1 is 1.00 bits per heavy atom. The predicted molar refractivity (Wildman–Crippen MR) is 114 cm³/mol. The van der Waals surface area contributed by atoms with Gasteiger partial charge in [-0.05, 0) is 73.7 Å². The molecule has 0 saturated heterocycles. The summed E-state index contributed by atoms with van der Waals surface area (Å²) in [5, 5.41) is 3.55. The second kappa shape index (κ2) is 10.2. The smallest absolute Gasteiger partial charge is 0.00487 e. The van der Waals surface area contributed by atoms with Gasteiger partial charge < -0.3 is 5.32 Å². The van der Waals surface area contributed by atoms with Gasteiger partial charge in [0.1, 0.15) is 0 Å². The lowest BCUT2D eigenvalue weighted by molar-refractivity contribution is 0.476. The Morgan fingerprint density at radius 3 is 2.54 bits per heavy atom. The summed E-state index contributed by atoms with van der Waals surface area (Å²) >= 11 is 0. The SMILES string of the molecule is CCCNCCCC(c1ccccc1)C1CCc2ccccc21.I. The van der Waals surface area contributed by atoms with Crippen LogP contribution in [0.3, 0.4) is 0 Å². The molecule has 1 aliphatic carbocycles. The van der Waals surface area contributed by atoms with E-state index in [0.717, 1.165) is 13.1 Å². The van der Waals surface area contributed by atoms with Gasteiger partial charge >= 0.3 is 0 Å². The van der Waals surface area contributed by atoms with E-state index in [1.54, 1.807) is 11.1 Å². The van der Waals surface area contributed by atoms with Gasteiger partial charge in [0.25, 0.3) is 0 Å². The molecule has 0 aromatic heterocycles. The largest absolute Gasteiger partial charge is 0.317 e. The molecule has 2 atom stereocenters. The highest BCUT2D eigenvalue weighted by molar-refractivity contribution is 14.0. The highest BCUT2D eigenvalue weighted by Gasteiger charge is 2.30. The van der Waals surface area contributed by atoms with Crippen LogP contribution in [-0.2, 0) is 6.42 Å². The Kier molecular flexibility index (Phi) is 8.26. The van der Waals surface area contributed by atoms with Crippen LogP contribution in [0.25, 0.3) is 0 Å².